The van der Waals surface area contributed by atoms with Crippen LogP contribution in [0.3, 0.4) is 0 Å². The molecule has 5 heteroatoms. The summed E-state index contributed by atoms with van der Waals surface area (Å²) in [5.41, 5.74) is 2.82. The third-order valence-electron chi connectivity index (χ3n) is 4.92. The van der Waals surface area contributed by atoms with Crippen molar-refractivity contribution in [1.29, 1.82) is 0 Å². The highest BCUT2D eigenvalue weighted by atomic mass is 16.5. The van der Waals surface area contributed by atoms with Gasteiger partial charge in [0.05, 0.1) is 12.3 Å². The Kier molecular flexibility index (Phi) is 4.10. The monoisotopic (exact) mass is 325 g/mol. The maximum atomic E-state index is 12.9. The molecule has 4 rings (SSSR count). The van der Waals surface area contributed by atoms with Crippen molar-refractivity contribution in [2.75, 3.05) is 19.8 Å². The van der Waals surface area contributed by atoms with E-state index in [1.807, 2.05) is 41.9 Å². The van der Waals surface area contributed by atoms with Crippen LogP contribution >= 0.6 is 0 Å². The summed E-state index contributed by atoms with van der Waals surface area (Å²) in [6.07, 6.45) is 5.11. The molecule has 1 atom stereocenters. The van der Waals surface area contributed by atoms with E-state index in [1.165, 1.54) is 0 Å². The zero-order valence-corrected chi connectivity index (χ0v) is 14.0. The Bertz CT molecular complexity index is 712. The molecule has 0 bridgehead atoms. The quantitative estimate of drug-likeness (QED) is 0.849. The van der Waals surface area contributed by atoms with Gasteiger partial charge in [0, 0.05) is 42.6 Å². The van der Waals surface area contributed by atoms with Crippen molar-refractivity contribution in [3.63, 3.8) is 0 Å². The minimum Gasteiger partial charge on any atom is -0.381 e. The van der Waals surface area contributed by atoms with Gasteiger partial charge in [0.1, 0.15) is 0 Å². The molecule has 1 aliphatic heterocycles. The molecule has 2 aliphatic rings. The summed E-state index contributed by atoms with van der Waals surface area (Å²) in [5.74, 6) is 0.633. The molecule has 1 aliphatic carbocycles. The number of hydrogen-bond acceptors (Lipinski definition) is 3. The van der Waals surface area contributed by atoms with E-state index < -0.39 is 0 Å². The minimum absolute atomic E-state index is 0.146. The molecule has 2 heterocycles. The van der Waals surface area contributed by atoms with Gasteiger partial charge in [-0.3, -0.25) is 4.79 Å². The number of aryl methyl sites for hydroxylation is 1. The lowest BCUT2D eigenvalue weighted by molar-refractivity contribution is 0.0706. The van der Waals surface area contributed by atoms with Crippen LogP contribution in [-0.2, 0) is 4.74 Å². The second kappa shape index (κ2) is 6.40. The van der Waals surface area contributed by atoms with Gasteiger partial charge in [0.25, 0.3) is 5.91 Å². The van der Waals surface area contributed by atoms with E-state index >= 15 is 0 Å². The molecular formula is C19H23N3O2. The first kappa shape index (κ1) is 15.4. The van der Waals surface area contributed by atoms with Crippen molar-refractivity contribution < 1.29 is 9.53 Å². The van der Waals surface area contributed by atoms with Crippen LogP contribution in [0.4, 0.5) is 0 Å². The molecule has 5 nitrogen and oxygen atoms in total. The maximum Gasteiger partial charge on any atom is 0.254 e. The molecule has 1 aromatic heterocycles. The molecule has 0 spiro atoms. The smallest absolute Gasteiger partial charge is 0.254 e. The van der Waals surface area contributed by atoms with E-state index in [2.05, 4.69) is 10.00 Å². The molecule has 0 N–H and O–H groups in total. The van der Waals surface area contributed by atoms with E-state index in [-0.39, 0.29) is 5.91 Å². The summed E-state index contributed by atoms with van der Waals surface area (Å²) in [4.78, 5) is 15.0. The van der Waals surface area contributed by atoms with Gasteiger partial charge in [-0.1, -0.05) is 0 Å². The van der Waals surface area contributed by atoms with Crippen LogP contribution in [0.2, 0.25) is 0 Å². The molecule has 126 valence electrons. The van der Waals surface area contributed by atoms with Crippen LogP contribution in [0, 0.1) is 12.8 Å². The first-order valence-corrected chi connectivity index (χ1v) is 8.72. The predicted octanol–water partition coefficient (Wildman–Crippen LogP) is 2.82. The van der Waals surface area contributed by atoms with Crippen molar-refractivity contribution >= 4 is 5.91 Å². The van der Waals surface area contributed by atoms with Crippen molar-refractivity contribution in [3.05, 3.63) is 47.8 Å². The van der Waals surface area contributed by atoms with Crippen LogP contribution in [0.5, 0.6) is 0 Å². The van der Waals surface area contributed by atoms with Crippen molar-refractivity contribution in [2.24, 2.45) is 5.92 Å². The molecule has 24 heavy (non-hydrogen) atoms. The highest BCUT2D eigenvalue weighted by Gasteiger charge is 2.35. The van der Waals surface area contributed by atoms with Gasteiger partial charge in [0.2, 0.25) is 0 Å². The van der Waals surface area contributed by atoms with Gasteiger partial charge in [-0.2, -0.15) is 5.10 Å². The lowest BCUT2D eigenvalue weighted by Gasteiger charge is -2.25. The number of carbonyl (C=O) groups excluding carboxylic acids is 1. The van der Waals surface area contributed by atoms with Gasteiger partial charge in [-0.15, -0.1) is 0 Å². The summed E-state index contributed by atoms with van der Waals surface area (Å²) in [5, 5.41) is 4.31. The molecule has 2 fully saturated rings. The standard InChI is InChI=1S/C19H23N3O2/c1-14-8-10-20-22(14)18-4-2-16(3-5-18)19(23)21(17-6-7-17)12-15-9-11-24-13-15/h2-5,8,10,15,17H,6-7,9,11-13H2,1H3. The van der Waals surface area contributed by atoms with Gasteiger partial charge < -0.3 is 9.64 Å². The Labute approximate surface area is 142 Å². The van der Waals surface area contributed by atoms with E-state index in [4.69, 9.17) is 4.74 Å². The second-order valence-electron chi connectivity index (χ2n) is 6.85. The summed E-state index contributed by atoms with van der Waals surface area (Å²) in [6, 6.07) is 10.2. The summed E-state index contributed by atoms with van der Waals surface area (Å²) >= 11 is 0. The van der Waals surface area contributed by atoms with Crippen LogP contribution < -0.4 is 0 Å². The number of nitrogens with zero attached hydrogens (tertiary/aromatic N) is 3. The fourth-order valence-corrected chi connectivity index (χ4v) is 3.34. The van der Waals surface area contributed by atoms with Crippen LogP contribution in [0.1, 0.15) is 35.3 Å². The highest BCUT2D eigenvalue weighted by Crippen LogP contribution is 2.30. The number of aromatic nitrogens is 2. The normalized spacial score (nSPS) is 20.3. The van der Waals surface area contributed by atoms with Gasteiger partial charge in [0.15, 0.2) is 0 Å². The van der Waals surface area contributed by atoms with Gasteiger partial charge in [-0.25, -0.2) is 4.68 Å². The van der Waals surface area contributed by atoms with Crippen LogP contribution in [-0.4, -0.2) is 46.4 Å². The molecule has 1 saturated heterocycles. The molecule has 1 saturated carbocycles. The van der Waals surface area contributed by atoms with Crippen molar-refractivity contribution in [1.82, 2.24) is 14.7 Å². The number of benzene rings is 1. The van der Waals surface area contributed by atoms with E-state index in [1.54, 1.807) is 6.20 Å². The second-order valence-corrected chi connectivity index (χ2v) is 6.85. The topological polar surface area (TPSA) is 47.4 Å². The fraction of sp³-hybridized carbons (Fsp3) is 0.474. The lowest BCUT2D eigenvalue weighted by atomic mass is 10.1. The molecule has 2 aromatic rings. The van der Waals surface area contributed by atoms with E-state index in [0.717, 1.165) is 56.0 Å². The molecule has 1 amide bonds. The summed E-state index contributed by atoms with van der Waals surface area (Å²) in [7, 11) is 0. The zero-order chi connectivity index (χ0) is 16.5. The third kappa shape index (κ3) is 3.08. The first-order chi connectivity index (χ1) is 11.7. The van der Waals surface area contributed by atoms with Crippen LogP contribution in [0.25, 0.3) is 5.69 Å². The first-order valence-electron chi connectivity index (χ1n) is 8.72. The van der Waals surface area contributed by atoms with Crippen LogP contribution in [0.15, 0.2) is 36.5 Å². The minimum atomic E-state index is 0.146. The third-order valence-corrected chi connectivity index (χ3v) is 4.92. The average Bonchev–Trinajstić information content (AvgIpc) is 3.14. The van der Waals surface area contributed by atoms with Crippen molar-refractivity contribution in [2.45, 2.75) is 32.2 Å². The predicted molar refractivity (Wildman–Crippen MR) is 91.3 cm³/mol. The lowest BCUT2D eigenvalue weighted by Crippen LogP contribution is -2.37. The van der Waals surface area contributed by atoms with Gasteiger partial charge >= 0.3 is 0 Å². The van der Waals surface area contributed by atoms with Gasteiger partial charge in [-0.05, 0) is 56.5 Å². The maximum absolute atomic E-state index is 12.9. The number of amides is 1. The Hall–Kier alpha value is -2.14. The average molecular weight is 325 g/mol. The number of carbonyl (C=O) groups is 1. The molecule has 1 aromatic carbocycles. The molecule has 1 unspecified atom stereocenters. The Morgan fingerprint density at radius 2 is 2.04 bits per heavy atom. The summed E-state index contributed by atoms with van der Waals surface area (Å²) in [6.45, 7) is 4.46. The Morgan fingerprint density at radius 1 is 1.25 bits per heavy atom. The van der Waals surface area contributed by atoms with Crippen molar-refractivity contribution in [3.8, 4) is 5.69 Å². The number of hydrogen-bond donors (Lipinski definition) is 0. The fourth-order valence-electron chi connectivity index (χ4n) is 3.34. The zero-order valence-electron chi connectivity index (χ0n) is 14.0. The summed E-state index contributed by atoms with van der Waals surface area (Å²) < 4.78 is 7.34. The van der Waals surface area contributed by atoms with E-state index in [0.29, 0.717) is 12.0 Å². The van der Waals surface area contributed by atoms with E-state index in [9.17, 15) is 4.79 Å². The Morgan fingerprint density at radius 3 is 2.62 bits per heavy atom. The molecular weight excluding hydrogens is 302 g/mol. The number of ether oxygens (including phenoxy) is 1. The number of rotatable bonds is 5. The molecule has 0 radical (unpaired) electrons. The highest BCUT2D eigenvalue weighted by molar-refractivity contribution is 5.94. The Balaban J connectivity index is 1.51. The SMILES string of the molecule is Cc1ccnn1-c1ccc(C(=O)N(CC2CCOC2)C2CC2)cc1. The largest absolute Gasteiger partial charge is 0.381 e.